The predicted molar refractivity (Wildman–Crippen MR) is 127 cm³/mol. The molecule has 1 saturated carbocycles. The number of ether oxygens (including phenoxy) is 1. The second-order valence-corrected chi connectivity index (χ2v) is 9.90. The fraction of sp³-hybridized carbons (Fsp3) is 0.577. The first-order valence-corrected chi connectivity index (χ1v) is 12.8. The number of piperidine rings is 1. The topological polar surface area (TPSA) is 87.9 Å². The van der Waals surface area contributed by atoms with Crippen molar-refractivity contribution in [2.24, 2.45) is 5.92 Å². The summed E-state index contributed by atoms with van der Waals surface area (Å²) in [5, 5.41) is 6.80. The fourth-order valence-corrected chi connectivity index (χ4v) is 5.64. The van der Waals surface area contributed by atoms with Crippen molar-refractivity contribution in [3.8, 4) is 11.3 Å². The van der Waals surface area contributed by atoms with Crippen LogP contribution in [0, 0.1) is 17.6 Å². The highest BCUT2D eigenvalue weighted by atomic mass is 19.1. The quantitative estimate of drug-likeness (QED) is 0.676. The van der Waals surface area contributed by atoms with E-state index < -0.39 is 17.5 Å². The van der Waals surface area contributed by atoms with Gasteiger partial charge in [-0.05, 0) is 31.4 Å². The van der Waals surface area contributed by atoms with Crippen molar-refractivity contribution in [3.63, 3.8) is 0 Å². The lowest BCUT2D eigenvalue weighted by atomic mass is 9.86. The summed E-state index contributed by atoms with van der Waals surface area (Å²) >= 11 is 0. The normalized spacial score (nSPS) is 24.0. The molecule has 3 heterocycles. The number of rotatable bonds is 5. The van der Waals surface area contributed by atoms with Crippen LogP contribution in [0.3, 0.4) is 0 Å². The van der Waals surface area contributed by atoms with Crippen molar-refractivity contribution in [1.29, 1.82) is 0 Å². The molecule has 3 fully saturated rings. The lowest BCUT2D eigenvalue weighted by Crippen LogP contribution is -2.59. The van der Waals surface area contributed by atoms with Gasteiger partial charge in [0.25, 0.3) is 5.91 Å². The average molecular weight is 503 g/mol. The molecule has 2 saturated heterocycles. The number of amides is 2. The van der Waals surface area contributed by atoms with E-state index in [1.165, 1.54) is 31.4 Å². The number of carbonyl (C=O) groups is 2. The van der Waals surface area contributed by atoms with Gasteiger partial charge in [-0.1, -0.05) is 24.4 Å². The number of aromatic nitrogens is 1. The molecule has 1 N–H and O–H groups in total. The monoisotopic (exact) mass is 502 g/mol. The average Bonchev–Trinajstić information content (AvgIpc) is 3.40. The largest absolute Gasteiger partial charge is 0.378 e. The lowest BCUT2D eigenvalue weighted by Gasteiger charge is -2.44. The fourth-order valence-electron chi connectivity index (χ4n) is 5.64. The third-order valence-electron chi connectivity index (χ3n) is 7.63. The van der Waals surface area contributed by atoms with Crippen LogP contribution in [0.2, 0.25) is 0 Å². The number of hydrogen-bond donors (Lipinski definition) is 1. The Labute approximate surface area is 208 Å². The van der Waals surface area contributed by atoms with Gasteiger partial charge in [0.1, 0.15) is 11.6 Å². The van der Waals surface area contributed by atoms with Crippen LogP contribution in [0.15, 0.2) is 28.8 Å². The molecule has 2 aromatic rings. The number of nitrogens with one attached hydrogen (secondary N) is 1. The molecule has 0 bridgehead atoms. The Morgan fingerprint density at radius 3 is 2.53 bits per heavy atom. The Kier molecular flexibility index (Phi) is 7.62. The van der Waals surface area contributed by atoms with E-state index in [1.54, 1.807) is 0 Å². The first-order valence-electron chi connectivity index (χ1n) is 12.8. The summed E-state index contributed by atoms with van der Waals surface area (Å²) in [4.78, 5) is 30.9. The zero-order valence-electron chi connectivity index (χ0n) is 20.3. The van der Waals surface area contributed by atoms with Gasteiger partial charge in [0.05, 0.1) is 24.7 Å². The molecule has 0 radical (unpaired) electrons. The van der Waals surface area contributed by atoms with Crippen LogP contribution in [0.4, 0.5) is 8.78 Å². The number of hydrogen-bond acceptors (Lipinski definition) is 6. The number of morpholine rings is 1. The molecule has 8 nitrogen and oxygen atoms in total. The highest BCUT2D eigenvalue weighted by molar-refractivity contribution is 5.94. The molecule has 2 atom stereocenters. The standard InChI is InChI=1S/C26H32F2N4O4/c27-17-6-7-19(21(28)14-17)24-15-23(30-36-24)25(33)29-22-8-9-32(18-4-2-1-3-5-18)16-20(22)26(34)31-10-12-35-13-11-31/h6-7,14-15,18,20,22H,1-5,8-13,16H2,(H,29,33)/t20-,22-/m1/s1. The summed E-state index contributed by atoms with van der Waals surface area (Å²) in [7, 11) is 0. The molecule has 2 amide bonds. The van der Waals surface area contributed by atoms with E-state index in [9.17, 15) is 18.4 Å². The van der Waals surface area contributed by atoms with Gasteiger partial charge in [-0.15, -0.1) is 0 Å². The Balaban J connectivity index is 1.30. The van der Waals surface area contributed by atoms with E-state index in [1.807, 2.05) is 4.90 Å². The van der Waals surface area contributed by atoms with Gasteiger partial charge in [-0.2, -0.15) is 0 Å². The molecular formula is C26H32F2N4O4. The third kappa shape index (κ3) is 5.44. The summed E-state index contributed by atoms with van der Waals surface area (Å²) in [6.07, 6.45) is 6.65. The van der Waals surface area contributed by atoms with Gasteiger partial charge >= 0.3 is 0 Å². The summed E-state index contributed by atoms with van der Waals surface area (Å²) < 4.78 is 38.0. The van der Waals surface area contributed by atoms with E-state index in [2.05, 4.69) is 15.4 Å². The minimum atomic E-state index is -0.802. The summed E-state index contributed by atoms with van der Waals surface area (Å²) in [6.45, 7) is 3.56. The molecule has 1 aromatic carbocycles. The lowest BCUT2D eigenvalue weighted by molar-refractivity contribution is -0.143. The van der Waals surface area contributed by atoms with Crippen molar-refractivity contribution in [2.45, 2.75) is 50.6 Å². The van der Waals surface area contributed by atoms with Gasteiger partial charge < -0.3 is 19.5 Å². The number of benzene rings is 1. The summed E-state index contributed by atoms with van der Waals surface area (Å²) in [6, 6.07) is 4.57. The van der Waals surface area contributed by atoms with Crippen LogP contribution in [0.1, 0.15) is 49.0 Å². The minimum Gasteiger partial charge on any atom is -0.378 e. The molecule has 194 valence electrons. The van der Waals surface area contributed by atoms with E-state index in [4.69, 9.17) is 9.26 Å². The van der Waals surface area contributed by atoms with Gasteiger partial charge in [0.15, 0.2) is 11.5 Å². The van der Waals surface area contributed by atoms with Crippen LogP contribution in [0.5, 0.6) is 0 Å². The van der Waals surface area contributed by atoms with Crippen LogP contribution >= 0.6 is 0 Å². The molecule has 1 aliphatic carbocycles. The van der Waals surface area contributed by atoms with E-state index in [-0.39, 0.29) is 34.9 Å². The maximum absolute atomic E-state index is 14.1. The number of nitrogens with zero attached hydrogens (tertiary/aromatic N) is 3. The van der Waals surface area contributed by atoms with Gasteiger partial charge in [-0.3, -0.25) is 14.5 Å². The summed E-state index contributed by atoms with van der Waals surface area (Å²) in [5.74, 6) is -2.29. The molecule has 0 spiro atoms. The van der Waals surface area contributed by atoms with Gasteiger partial charge in [-0.25, -0.2) is 8.78 Å². The SMILES string of the molecule is O=C(N[C@@H]1CCN(C2CCCCC2)C[C@H]1C(=O)N1CCOCC1)c1cc(-c2ccc(F)cc2F)on1. The van der Waals surface area contributed by atoms with E-state index >= 15 is 0 Å². The van der Waals surface area contributed by atoms with Crippen molar-refractivity contribution >= 4 is 11.8 Å². The Bertz CT molecular complexity index is 1080. The Morgan fingerprint density at radius 2 is 1.78 bits per heavy atom. The van der Waals surface area contributed by atoms with Crippen LogP contribution in [-0.2, 0) is 9.53 Å². The zero-order valence-corrected chi connectivity index (χ0v) is 20.3. The van der Waals surface area contributed by atoms with Crippen molar-refractivity contribution in [3.05, 3.63) is 41.6 Å². The first kappa shape index (κ1) is 24.8. The molecular weight excluding hydrogens is 470 g/mol. The third-order valence-corrected chi connectivity index (χ3v) is 7.63. The molecule has 10 heteroatoms. The summed E-state index contributed by atoms with van der Waals surface area (Å²) in [5.41, 5.74) is 0.00474. The minimum absolute atomic E-state index is 0.0130. The molecule has 0 unspecified atom stereocenters. The second kappa shape index (κ2) is 11.0. The number of likely N-dealkylation sites (tertiary alicyclic amines) is 1. The number of carbonyl (C=O) groups excluding carboxylic acids is 2. The highest BCUT2D eigenvalue weighted by Gasteiger charge is 2.40. The maximum atomic E-state index is 14.1. The van der Waals surface area contributed by atoms with Crippen LogP contribution in [-0.4, -0.2) is 78.2 Å². The van der Waals surface area contributed by atoms with E-state index in [0.29, 0.717) is 45.3 Å². The first-order chi connectivity index (χ1) is 17.5. The van der Waals surface area contributed by atoms with Gasteiger partial charge in [0.2, 0.25) is 5.91 Å². The Morgan fingerprint density at radius 1 is 1.00 bits per heavy atom. The van der Waals surface area contributed by atoms with Crippen LogP contribution < -0.4 is 5.32 Å². The molecule has 5 rings (SSSR count). The van der Waals surface area contributed by atoms with Crippen LogP contribution in [0.25, 0.3) is 11.3 Å². The van der Waals surface area contributed by atoms with Crippen molar-refractivity contribution in [2.75, 3.05) is 39.4 Å². The molecule has 2 aliphatic heterocycles. The zero-order chi connectivity index (χ0) is 25.1. The smallest absolute Gasteiger partial charge is 0.273 e. The van der Waals surface area contributed by atoms with Gasteiger partial charge in [0, 0.05) is 50.4 Å². The maximum Gasteiger partial charge on any atom is 0.273 e. The Hall–Kier alpha value is -2.85. The molecule has 1 aromatic heterocycles. The second-order valence-electron chi connectivity index (χ2n) is 9.90. The van der Waals surface area contributed by atoms with E-state index in [0.717, 1.165) is 31.5 Å². The molecule has 36 heavy (non-hydrogen) atoms. The highest BCUT2D eigenvalue weighted by Crippen LogP contribution is 2.29. The van der Waals surface area contributed by atoms with Crippen molar-refractivity contribution < 1.29 is 27.6 Å². The van der Waals surface area contributed by atoms with Crippen molar-refractivity contribution in [1.82, 2.24) is 20.3 Å². The molecule has 3 aliphatic rings. The predicted octanol–water partition coefficient (Wildman–Crippen LogP) is 3.23. The number of halogens is 2.